The molecule has 7 heteroatoms. The summed E-state index contributed by atoms with van der Waals surface area (Å²) in [7, 11) is 3.30. The Labute approximate surface area is 259 Å². The van der Waals surface area contributed by atoms with Gasteiger partial charge in [0.25, 0.3) is 0 Å². The van der Waals surface area contributed by atoms with Crippen LogP contribution in [0.25, 0.3) is 32.3 Å². The zero-order valence-corrected chi connectivity index (χ0v) is 25.1. The second-order valence-corrected chi connectivity index (χ2v) is 11.4. The summed E-state index contributed by atoms with van der Waals surface area (Å²) in [6, 6.07) is 25.9. The van der Waals surface area contributed by atoms with Crippen LogP contribution in [0.3, 0.4) is 0 Å². The Morgan fingerprint density at radius 1 is 0.800 bits per heavy atom. The molecule has 5 aromatic carbocycles. The van der Waals surface area contributed by atoms with Gasteiger partial charge in [-0.25, -0.2) is 4.39 Å². The van der Waals surface area contributed by atoms with Crippen LogP contribution in [0.15, 0.2) is 97.3 Å². The lowest BCUT2D eigenvalue weighted by atomic mass is 9.77. The van der Waals surface area contributed by atoms with Crippen molar-refractivity contribution in [3.63, 3.8) is 0 Å². The molecule has 0 spiro atoms. The Kier molecular flexibility index (Phi) is 8.61. The number of fused-ring (bicyclic) bond motifs is 6. The van der Waals surface area contributed by atoms with Crippen molar-refractivity contribution < 1.29 is 27.0 Å². The van der Waals surface area contributed by atoms with E-state index >= 15 is 0 Å². The second kappa shape index (κ2) is 12.8. The summed E-state index contributed by atoms with van der Waals surface area (Å²) in [5.41, 5.74) is 1.83. The molecule has 0 saturated heterocycles. The minimum atomic E-state index is -4.69. The van der Waals surface area contributed by atoms with Crippen molar-refractivity contribution in [2.75, 3.05) is 14.2 Å². The van der Waals surface area contributed by atoms with Gasteiger partial charge < -0.3 is 9.47 Å². The Hall–Kier alpha value is -4.65. The van der Waals surface area contributed by atoms with Crippen molar-refractivity contribution in [3.8, 4) is 11.5 Å². The van der Waals surface area contributed by atoms with Crippen LogP contribution in [-0.4, -0.2) is 19.2 Å². The van der Waals surface area contributed by atoms with Gasteiger partial charge in [0.2, 0.25) is 0 Å². The number of alkyl halides is 3. The highest BCUT2D eigenvalue weighted by molar-refractivity contribution is 6.13. The molecule has 3 nitrogen and oxygen atoms in total. The molecule has 0 fully saturated rings. The lowest BCUT2D eigenvalue weighted by Gasteiger charge is -2.28. The number of hydrogen-bond donors (Lipinski definition) is 0. The summed E-state index contributed by atoms with van der Waals surface area (Å²) in [5, 5.41) is 6.73. The first-order chi connectivity index (χ1) is 21.8. The fourth-order valence-electron chi connectivity index (χ4n) is 6.58. The number of benzene rings is 5. The first-order valence-electron chi connectivity index (χ1n) is 15.0. The minimum Gasteiger partial charge on any atom is -0.496 e. The first-order valence-corrected chi connectivity index (χ1v) is 15.0. The van der Waals surface area contributed by atoms with Gasteiger partial charge in [-0.3, -0.25) is 4.98 Å². The number of hydrogen-bond acceptors (Lipinski definition) is 3. The van der Waals surface area contributed by atoms with Crippen molar-refractivity contribution >= 4 is 32.3 Å². The summed E-state index contributed by atoms with van der Waals surface area (Å²) in [6.45, 7) is 0. The molecular weight excluding hydrogens is 578 g/mol. The molecule has 1 aliphatic rings. The predicted octanol–water partition coefficient (Wildman–Crippen LogP) is 10.5. The fourth-order valence-corrected chi connectivity index (χ4v) is 6.58. The van der Waals surface area contributed by atoms with Crippen LogP contribution in [0, 0.1) is 5.82 Å². The van der Waals surface area contributed by atoms with E-state index in [9.17, 15) is 17.6 Å². The standard InChI is InChI=1S/C29H26F4O2.C9H7N/c1-34-26-8-4-7-22-21-13-12-19-18(5-3-6-20(19)23(21)16-27(35-2)28(22)26)11-9-17-10-14-25(30)24(15-17)29(31,32)33;1-2-4-9-7-10-6-5-8(9)3-1/h4,7-8,10,12-16,18H,3,5-6,9,11H2,1-2H3;1-7H/t18-;/m0./s1. The highest BCUT2D eigenvalue weighted by Crippen LogP contribution is 2.44. The van der Waals surface area contributed by atoms with Gasteiger partial charge in [0.15, 0.2) is 0 Å². The molecule has 0 unspecified atom stereocenters. The molecule has 1 heterocycles. The molecule has 0 saturated carbocycles. The van der Waals surface area contributed by atoms with Crippen LogP contribution in [-0.2, 0) is 19.0 Å². The first kappa shape index (κ1) is 30.4. The average molecular weight is 612 g/mol. The minimum absolute atomic E-state index is 0.231. The number of aromatic nitrogens is 1. The van der Waals surface area contributed by atoms with Crippen molar-refractivity contribution in [2.24, 2.45) is 0 Å². The van der Waals surface area contributed by atoms with Gasteiger partial charge in [-0.2, -0.15) is 13.2 Å². The summed E-state index contributed by atoms with van der Waals surface area (Å²) in [4.78, 5) is 4.01. The topological polar surface area (TPSA) is 31.4 Å². The van der Waals surface area contributed by atoms with Crippen LogP contribution in [0.2, 0.25) is 0 Å². The van der Waals surface area contributed by atoms with Crippen LogP contribution >= 0.6 is 0 Å². The smallest absolute Gasteiger partial charge is 0.419 e. The molecular formula is C38H33F4NO2. The van der Waals surface area contributed by atoms with Gasteiger partial charge in [0.1, 0.15) is 17.3 Å². The molecule has 45 heavy (non-hydrogen) atoms. The van der Waals surface area contributed by atoms with Crippen LogP contribution in [0.1, 0.15) is 47.4 Å². The maximum absolute atomic E-state index is 13.7. The molecule has 0 aliphatic heterocycles. The SMILES string of the molecule is COc1cccc2c1c(OC)cc1c3c(ccc12)[C@H](CCc1ccc(F)c(C(F)(F)F)c1)CCC3.c1ccc2cnccc2c1. The second-order valence-electron chi connectivity index (χ2n) is 11.4. The number of halogens is 4. The highest BCUT2D eigenvalue weighted by atomic mass is 19.4. The maximum Gasteiger partial charge on any atom is 0.419 e. The quantitative estimate of drug-likeness (QED) is 0.144. The van der Waals surface area contributed by atoms with E-state index in [2.05, 4.69) is 41.4 Å². The average Bonchev–Trinajstić information content (AvgIpc) is 3.06. The molecule has 7 rings (SSSR count). The number of aryl methyl sites for hydroxylation is 2. The van der Waals surface area contributed by atoms with E-state index < -0.39 is 17.6 Å². The number of rotatable bonds is 5. The van der Waals surface area contributed by atoms with Gasteiger partial charge in [0, 0.05) is 12.4 Å². The normalized spacial score (nSPS) is 14.6. The van der Waals surface area contributed by atoms with Gasteiger partial charge in [-0.1, -0.05) is 54.6 Å². The van der Waals surface area contributed by atoms with Crippen molar-refractivity contribution in [1.82, 2.24) is 4.98 Å². The third kappa shape index (κ3) is 6.17. The summed E-state index contributed by atoms with van der Waals surface area (Å²) < 4.78 is 64.4. The Morgan fingerprint density at radius 2 is 1.60 bits per heavy atom. The molecule has 0 bridgehead atoms. The van der Waals surface area contributed by atoms with E-state index in [0.29, 0.717) is 18.4 Å². The largest absolute Gasteiger partial charge is 0.496 e. The molecule has 1 aromatic heterocycles. The lowest BCUT2D eigenvalue weighted by molar-refractivity contribution is -0.140. The Balaban J connectivity index is 0.000000301. The fraction of sp³-hybridized carbons (Fsp3) is 0.237. The van der Waals surface area contributed by atoms with Crippen molar-refractivity contribution in [1.29, 1.82) is 0 Å². The van der Waals surface area contributed by atoms with E-state index in [1.165, 1.54) is 28.0 Å². The molecule has 0 radical (unpaired) electrons. The zero-order valence-electron chi connectivity index (χ0n) is 25.1. The van der Waals surface area contributed by atoms with Crippen LogP contribution in [0.5, 0.6) is 11.5 Å². The lowest BCUT2D eigenvalue weighted by Crippen LogP contribution is -2.12. The monoisotopic (exact) mass is 611 g/mol. The Bertz CT molecular complexity index is 1920. The predicted molar refractivity (Wildman–Crippen MR) is 172 cm³/mol. The molecule has 230 valence electrons. The van der Waals surface area contributed by atoms with E-state index in [1.54, 1.807) is 14.2 Å². The van der Waals surface area contributed by atoms with Crippen LogP contribution < -0.4 is 9.47 Å². The van der Waals surface area contributed by atoms with Gasteiger partial charge in [-0.05, 0) is 112 Å². The third-order valence-electron chi connectivity index (χ3n) is 8.76. The summed E-state index contributed by atoms with van der Waals surface area (Å²) in [6.07, 6.45) is 3.08. The Morgan fingerprint density at radius 3 is 2.36 bits per heavy atom. The zero-order chi connectivity index (χ0) is 31.6. The number of pyridine rings is 1. The molecule has 0 N–H and O–H groups in total. The summed E-state index contributed by atoms with van der Waals surface area (Å²) in [5.74, 6) is 0.518. The number of methoxy groups -OCH3 is 2. The van der Waals surface area contributed by atoms with E-state index in [4.69, 9.17) is 9.47 Å². The van der Waals surface area contributed by atoms with Gasteiger partial charge in [0.05, 0.1) is 25.2 Å². The summed E-state index contributed by atoms with van der Waals surface area (Å²) >= 11 is 0. The number of ether oxygens (including phenoxy) is 2. The van der Waals surface area contributed by atoms with Gasteiger partial charge in [-0.15, -0.1) is 0 Å². The molecule has 1 atom stereocenters. The molecule has 0 amide bonds. The van der Waals surface area contributed by atoms with E-state index in [1.807, 2.05) is 42.7 Å². The highest BCUT2D eigenvalue weighted by Gasteiger charge is 2.34. The number of nitrogens with zero attached hydrogens (tertiary/aromatic N) is 1. The van der Waals surface area contributed by atoms with Crippen molar-refractivity contribution in [2.45, 2.75) is 44.2 Å². The van der Waals surface area contributed by atoms with Crippen molar-refractivity contribution in [3.05, 3.63) is 125 Å². The third-order valence-corrected chi connectivity index (χ3v) is 8.76. The van der Waals surface area contributed by atoms with E-state index in [-0.39, 0.29) is 5.92 Å². The molecule has 6 aromatic rings. The molecule has 1 aliphatic carbocycles. The van der Waals surface area contributed by atoms with Crippen LogP contribution in [0.4, 0.5) is 17.6 Å². The van der Waals surface area contributed by atoms with E-state index in [0.717, 1.165) is 64.4 Å². The van der Waals surface area contributed by atoms with Gasteiger partial charge >= 0.3 is 6.18 Å². The maximum atomic E-state index is 13.7.